The van der Waals surface area contributed by atoms with Crippen LogP contribution in [0.25, 0.3) is 0 Å². The first-order valence-electron chi connectivity index (χ1n) is 26.4. The van der Waals surface area contributed by atoms with E-state index in [4.69, 9.17) is 44.1 Å². The van der Waals surface area contributed by atoms with Crippen molar-refractivity contribution in [1.82, 2.24) is 0 Å². The number of Topliss-reactive ketones (excluding diaryl/α,β-unsaturated/α-hetero) is 1. The Bertz CT molecular complexity index is 1920. The number of halogens is 4. The molecule has 0 amide bonds. The monoisotopic (exact) mass is 1140 g/mol. The molecule has 0 unspecified atom stereocenters. The van der Waals surface area contributed by atoms with Crippen molar-refractivity contribution < 1.29 is 91.0 Å². The summed E-state index contributed by atoms with van der Waals surface area (Å²) in [6, 6.07) is 18.4. The van der Waals surface area contributed by atoms with Crippen LogP contribution >= 0.6 is 0 Å². The molecule has 0 aromatic heterocycles. The molecule has 5 fully saturated rings. The quantitative estimate of drug-likeness (QED) is 0.0762. The van der Waals surface area contributed by atoms with Crippen LogP contribution in [0.2, 0.25) is 0 Å². The standard InChI is InChI=1S/C14H22F2O6.2C14H21OS.C9H12F2O3.C5H12O4/c1-12(15,16)11(19)22-10-2-4-14(5-3-10)20-8-13(6-17,7-18)9-21-14;2*1-14(2,3)12-4-6-13(7-5-12)16-10-8-15-9-11-16;1-9(10,11)8(13)14-7-4-2-6(12)3-5-7;6-1-5(2-7,3-8)4-9/h10,17-18H,2-9H2,1H3;2*4-7H,8-11H2,1-3H3;7H,2-5H2,1H3;6-9H,1-4H2/q;2*+1;;. The van der Waals surface area contributed by atoms with Gasteiger partial charge in [0.25, 0.3) is 0 Å². The molecule has 15 nitrogen and oxygen atoms in total. The minimum Gasteiger partial charge on any atom is -0.458 e. The smallest absolute Gasteiger partial charge is 0.376 e. The van der Waals surface area contributed by atoms with Crippen LogP contribution in [-0.4, -0.2) is 180 Å². The van der Waals surface area contributed by atoms with Gasteiger partial charge in [0.1, 0.15) is 41.0 Å². The zero-order valence-electron chi connectivity index (χ0n) is 46.4. The Hall–Kier alpha value is -2.93. The number of carbonyl (C=O) groups excluding carboxylic acids is 3. The van der Waals surface area contributed by atoms with E-state index in [1.54, 1.807) is 0 Å². The lowest BCUT2D eigenvalue weighted by atomic mass is 9.87. The molecule has 0 bridgehead atoms. The maximum atomic E-state index is 12.8. The fourth-order valence-corrected chi connectivity index (χ4v) is 11.6. The van der Waals surface area contributed by atoms with Crippen LogP contribution in [0.1, 0.15) is 118 Å². The summed E-state index contributed by atoms with van der Waals surface area (Å²) >= 11 is 0. The number of aliphatic hydroxyl groups is 6. The lowest BCUT2D eigenvalue weighted by Crippen LogP contribution is -2.54. The number of ether oxygens (including phenoxy) is 6. The summed E-state index contributed by atoms with van der Waals surface area (Å²) in [5, 5.41) is 52.6. The van der Waals surface area contributed by atoms with E-state index < -0.39 is 79.0 Å². The van der Waals surface area contributed by atoms with Crippen LogP contribution < -0.4 is 0 Å². The highest BCUT2D eigenvalue weighted by molar-refractivity contribution is 7.97. The van der Waals surface area contributed by atoms with E-state index in [0.717, 1.165) is 26.4 Å². The minimum atomic E-state index is -3.49. The van der Waals surface area contributed by atoms with Crippen molar-refractivity contribution in [3.63, 3.8) is 0 Å². The molecule has 0 radical (unpaired) electrons. The maximum absolute atomic E-state index is 12.8. The molecule has 2 aromatic carbocycles. The topological polar surface area (TPSA) is 228 Å². The van der Waals surface area contributed by atoms with Gasteiger partial charge in [-0.1, -0.05) is 65.8 Å². The fraction of sp³-hybridized carbons (Fsp3) is 0.732. The average Bonchev–Trinajstić information content (AvgIpc) is 3.41. The molecular weight excluding hydrogens is 1050 g/mol. The van der Waals surface area contributed by atoms with Gasteiger partial charge >= 0.3 is 23.8 Å². The van der Waals surface area contributed by atoms with E-state index >= 15 is 0 Å². The Balaban J connectivity index is 0.000000260. The molecule has 3 saturated heterocycles. The largest absolute Gasteiger partial charge is 0.458 e. The second kappa shape index (κ2) is 31.3. The fourth-order valence-electron chi connectivity index (χ4n) is 7.98. The summed E-state index contributed by atoms with van der Waals surface area (Å²) in [5.74, 6) is -5.88. The van der Waals surface area contributed by atoms with Crippen LogP contribution in [0, 0.1) is 10.8 Å². The molecule has 2 saturated carbocycles. The zero-order chi connectivity index (χ0) is 57.7. The predicted octanol–water partition coefficient (Wildman–Crippen LogP) is 6.46. The summed E-state index contributed by atoms with van der Waals surface area (Å²) in [6.45, 7) is 16.5. The number of ketones is 1. The van der Waals surface area contributed by atoms with Gasteiger partial charge < -0.3 is 59.1 Å². The molecule has 21 heteroatoms. The first-order chi connectivity index (χ1) is 36.0. The van der Waals surface area contributed by atoms with Crippen LogP contribution in [0.15, 0.2) is 58.3 Å². The molecule has 5 aliphatic rings. The van der Waals surface area contributed by atoms with Crippen molar-refractivity contribution in [3.8, 4) is 0 Å². The Labute approximate surface area is 458 Å². The third kappa shape index (κ3) is 22.9. The number of hydrogen-bond donors (Lipinski definition) is 6. The minimum absolute atomic E-state index is 0.0977. The van der Waals surface area contributed by atoms with E-state index in [1.165, 1.54) is 43.9 Å². The number of rotatable bonds is 12. The van der Waals surface area contributed by atoms with E-state index in [0.29, 0.717) is 87.0 Å². The Morgan fingerprint density at radius 1 is 0.558 bits per heavy atom. The van der Waals surface area contributed by atoms with Crippen molar-refractivity contribution in [2.24, 2.45) is 10.8 Å². The lowest BCUT2D eigenvalue weighted by Gasteiger charge is -2.47. The van der Waals surface area contributed by atoms with E-state index in [9.17, 15) is 42.2 Å². The second-order valence-electron chi connectivity index (χ2n) is 22.5. The van der Waals surface area contributed by atoms with Crippen LogP contribution in [0.5, 0.6) is 0 Å². The summed E-state index contributed by atoms with van der Waals surface area (Å²) in [4.78, 5) is 35.8. The number of aliphatic hydroxyl groups excluding tert-OH is 6. The van der Waals surface area contributed by atoms with Gasteiger partial charge in [-0.3, -0.25) is 4.79 Å². The number of alkyl halides is 4. The maximum Gasteiger partial charge on any atom is 0.376 e. The van der Waals surface area contributed by atoms with Gasteiger partial charge in [-0.05, 0) is 71.9 Å². The van der Waals surface area contributed by atoms with Crippen molar-refractivity contribution in [3.05, 3.63) is 59.7 Å². The SMILES string of the molecule is CC(C)(C)c1ccc([S+]2CCOCC2)cc1.CC(C)(C)c1ccc([S+]2CCOCC2)cc1.CC(F)(F)C(=O)OC1CCC(=O)CC1.CC(F)(F)C(=O)OC1CCC2(CC1)OCC(CO)(CO)CO2.OCC(CO)(CO)CO. The normalized spacial score (nSPS) is 19.9. The molecule has 440 valence electrons. The highest BCUT2D eigenvalue weighted by Gasteiger charge is 2.48. The van der Waals surface area contributed by atoms with Crippen molar-refractivity contribution in [2.45, 2.75) is 157 Å². The van der Waals surface area contributed by atoms with E-state index in [-0.39, 0.29) is 43.0 Å². The zero-order valence-corrected chi connectivity index (χ0v) is 48.1. The number of benzene rings is 2. The molecule has 0 atom stereocenters. The molecule has 3 heterocycles. The average molecular weight is 1140 g/mol. The van der Waals surface area contributed by atoms with Gasteiger partial charge in [0, 0.05) is 61.3 Å². The number of hydrogen-bond acceptors (Lipinski definition) is 15. The molecule has 77 heavy (non-hydrogen) atoms. The van der Waals surface area contributed by atoms with Crippen LogP contribution in [-0.2, 0) is 75.4 Å². The van der Waals surface area contributed by atoms with Gasteiger partial charge in [-0.2, -0.15) is 17.6 Å². The molecule has 6 N–H and O–H groups in total. The number of carbonyl (C=O) groups is 3. The van der Waals surface area contributed by atoms with Crippen LogP contribution in [0.3, 0.4) is 0 Å². The summed E-state index contributed by atoms with van der Waals surface area (Å²) < 4.78 is 82.0. The highest BCUT2D eigenvalue weighted by atomic mass is 32.2. The van der Waals surface area contributed by atoms with Crippen molar-refractivity contribution >= 4 is 39.5 Å². The molecule has 2 aromatic rings. The summed E-state index contributed by atoms with van der Waals surface area (Å²) in [5.41, 5.74) is 1.45. The van der Waals surface area contributed by atoms with Gasteiger partial charge in [0.15, 0.2) is 15.6 Å². The van der Waals surface area contributed by atoms with Gasteiger partial charge in [-0.15, -0.1) is 0 Å². The summed E-state index contributed by atoms with van der Waals surface area (Å²) in [6.07, 6.45) is 1.81. The molecule has 2 aliphatic carbocycles. The Kier molecular flexibility index (Phi) is 27.8. The van der Waals surface area contributed by atoms with Gasteiger partial charge in [-0.25, -0.2) is 9.59 Å². The van der Waals surface area contributed by atoms with Crippen molar-refractivity contribution in [1.29, 1.82) is 0 Å². The van der Waals surface area contributed by atoms with E-state index in [1.807, 2.05) is 0 Å². The van der Waals surface area contributed by atoms with Gasteiger partial charge in [0.2, 0.25) is 0 Å². The van der Waals surface area contributed by atoms with Gasteiger partial charge in [0.05, 0.1) is 90.1 Å². The molecular formula is C56H88F4O15S2+2. The Morgan fingerprint density at radius 3 is 1.16 bits per heavy atom. The lowest BCUT2D eigenvalue weighted by molar-refractivity contribution is -0.326. The molecule has 3 aliphatic heterocycles. The Morgan fingerprint density at radius 2 is 0.883 bits per heavy atom. The number of esters is 2. The second-order valence-corrected chi connectivity index (χ2v) is 27.1. The predicted molar refractivity (Wildman–Crippen MR) is 288 cm³/mol. The third-order valence-electron chi connectivity index (χ3n) is 13.7. The van der Waals surface area contributed by atoms with Crippen molar-refractivity contribution in [2.75, 3.05) is 102 Å². The first kappa shape index (κ1) is 68.3. The first-order valence-corrected chi connectivity index (χ1v) is 29.5. The third-order valence-corrected chi connectivity index (χ3v) is 18.3. The highest BCUT2D eigenvalue weighted by Crippen LogP contribution is 2.40. The van der Waals surface area contributed by atoms with Crippen LogP contribution in [0.4, 0.5) is 17.6 Å². The summed E-state index contributed by atoms with van der Waals surface area (Å²) in [7, 11) is 0.864. The van der Waals surface area contributed by atoms with E-state index in [2.05, 4.69) is 94.8 Å². The molecule has 1 spiro atoms. The molecule has 7 rings (SSSR count).